The summed E-state index contributed by atoms with van der Waals surface area (Å²) in [6.07, 6.45) is 21.5. The molecular weight excluding hydrogens is 783 g/mol. The number of anilines is 2. The van der Waals surface area contributed by atoms with Gasteiger partial charge < -0.3 is 4.90 Å². The lowest BCUT2D eigenvalue weighted by atomic mass is 9.63. The maximum Gasteiger partial charge on any atom is 0.0467 e. The summed E-state index contributed by atoms with van der Waals surface area (Å²) in [4.78, 5) is 2.53. The molecule has 6 aromatic rings. The Bertz CT molecular complexity index is 3220. The van der Waals surface area contributed by atoms with Crippen LogP contribution in [-0.2, 0) is 17.3 Å². The van der Waals surface area contributed by atoms with Crippen LogP contribution >= 0.6 is 0 Å². The van der Waals surface area contributed by atoms with Crippen molar-refractivity contribution >= 4 is 11.4 Å². The van der Waals surface area contributed by atoms with Gasteiger partial charge in [0, 0.05) is 44.3 Å². The smallest absolute Gasteiger partial charge is 0.0467 e. The highest BCUT2D eigenvalue weighted by atomic mass is 15.1. The minimum absolute atomic E-state index is 0.0688. The van der Waals surface area contributed by atoms with E-state index in [9.17, 15) is 0 Å². The Morgan fingerprint density at radius 3 is 2.03 bits per heavy atom. The molecule has 0 N–H and O–H groups in total. The van der Waals surface area contributed by atoms with E-state index >= 15 is 0 Å². The fraction of sp³-hybridized carbons (Fsp3) is 0.203. The van der Waals surface area contributed by atoms with Crippen molar-refractivity contribution in [3.05, 3.63) is 245 Å². The first-order valence-electron chi connectivity index (χ1n) is 23.4. The molecule has 1 unspecified atom stereocenters. The molecule has 1 fully saturated rings. The molecule has 6 aromatic carbocycles. The van der Waals surface area contributed by atoms with E-state index in [2.05, 4.69) is 236 Å². The topological polar surface area (TPSA) is 3.24 Å². The van der Waals surface area contributed by atoms with E-state index in [1.165, 1.54) is 100 Å². The molecule has 0 spiro atoms. The van der Waals surface area contributed by atoms with E-state index in [1.54, 1.807) is 0 Å². The van der Waals surface area contributed by atoms with Crippen LogP contribution in [0.2, 0.25) is 0 Å². The summed E-state index contributed by atoms with van der Waals surface area (Å²) >= 11 is 0. The summed E-state index contributed by atoms with van der Waals surface area (Å²) in [7, 11) is 0. The normalized spacial score (nSPS) is 19.7. The van der Waals surface area contributed by atoms with Gasteiger partial charge in [0.15, 0.2) is 0 Å². The second kappa shape index (κ2) is 14.8. The van der Waals surface area contributed by atoms with Gasteiger partial charge in [0.1, 0.15) is 0 Å². The van der Waals surface area contributed by atoms with Crippen LogP contribution in [0.5, 0.6) is 0 Å². The van der Waals surface area contributed by atoms with Crippen molar-refractivity contribution in [2.24, 2.45) is 10.8 Å². The molecule has 11 rings (SSSR count). The molecular formula is C64H57N. The summed E-state index contributed by atoms with van der Waals surface area (Å²) in [6.45, 7) is 20.9. The zero-order chi connectivity index (χ0) is 44.9. The van der Waals surface area contributed by atoms with Crippen molar-refractivity contribution in [1.29, 1.82) is 0 Å². The highest BCUT2D eigenvalue weighted by molar-refractivity contribution is 5.96. The first kappa shape index (κ1) is 40.8. The third-order valence-electron chi connectivity index (χ3n) is 16.0. The minimum atomic E-state index is -0.233. The fourth-order valence-corrected chi connectivity index (χ4v) is 11.9. The molecule has 65 heavy (non-hydrogen) atoms. The third-order valence-corrected chi connectivity index (χ3v) is 16.0. The second-order valence-electron chi connectivity index (χ2n) is 20.4. The molecule has 0 radical (unpaired) electrons. The molecule has 5 aliphatic carbocycles. The van der Waals surface area contributed by atoms with E-state index in [4.69, 9.17) is 0 Å². The van der Waals surface area contributed by atoms with Gasteiger partial charge in [0.25, 0.3) is 0 Å². The van der Waals surface area contributed by atoms with E-state index in [0.29, 0.717) is 0 Å². The quantitative estimate of drug-likeness (QED) is 0.109. The van der Waals surface area contributed by atoms with Gasteiger partial charge in [-0.1, -0.05) is 189 Å². The van der Waals surface area contributed by atoms with Crippen LogP contribution in [-0.4, -0.2) is 0 Å². The lowest BCUT2D eigenvalue weighted by Crippen LogP contribution is -2.33. The van der Waals surface area contributed by atoms with Gasteiger partial charge in [0.2, 0.25) is 0 Å². The number of nitrogens with zero attached hydrogens (tertiary/aromatic N) is 1. The molecule has 1 atom stereocenters. The van der Waals surface area contributed by atoms with E-state index < -0.39 is 0 Å². The van der Waals surface area contributed by atoms with Crippen LogP contribution in [0.3, 0.4) is 0 Å². The molecule has 1 nitrogen and oxygen atoms in total. The minimum Gasteiger partial charge on any atom is -0.311 e. The van der Waals surface area contributed by atoms with Crippen LogP contribution in [0.4, 0.5) is 11.4 Å². The lowest BCUT2D eigenvalue weighted by Gasteiger charge is -2.41. The average Bonchev–Trinajstić information content (AvgIpc) is 3.59. The molecule has 5 aliphatic rings. The Hall–Kier alpha value is -6.92. The van der Waals surface area contributed by atoms with E-state index in [0.717, 1.165) is 18.5 Å². The molecule has 0 saturated heterocycles. The lowest BCUT2D eigenvalue weighted by molar-refractivity contribution is 0.206. The average molecular weight is 840 g/mol. The van der Waals surface area contributed by atoms with Crippen molar-refractivity contribution in [2.75, 3.05) is 4.90 Å². The third kappa shape index (κ3) is 6.06. The van der Waals surface area contributed by atoms with Gasteiger partial charge in [-0.15, -0.1) is 5.73 Å². The van der Waals surface area contributed by atoms with Crippen LogP contribution in [0.1, 0.15) is 82.7 Å². The van der Waals surface area contributed by atoms with Crippen LogP contribution in [0, 0.1) is 10.8 Å². The van der Waals surface area contributed by atoms with Gasteiger partial charge in [-0.3, -0.25) is 0 Å². The Morgan fingerprint density at radius 1 is 0.615 bits per heavy atom. The maximum absolute atomic E-state index is 3.94. The monoisotopic (exact) mass is 839 g/mol. The zero-order valence-corrected chi connectivity index (χ0v) is 38.9. The number of rotatable bonds is 8. The van der Waals surface area contributed by atoms with Crippen molar-refractivity contribution in [3.8, 4) is 44.5 Å². The summed E-state index contributed by atoms with van der Waals surface area (Å²) in [5, 5.41) is 0. The Kier molecular flexibility index (Phi) is 9.31. The Labute approximate surface area is 386 Å². The molecule has 1 saturated carbocycles. The van der Waals surface area contributed by atoms with Gasteiger partial charge in [-0.05, 0) is 145 Å². The van der Waals surface area contributed by atoms with E-state index in [-0.39, 0.29) is 21.7 Å². The SMILES string of the molecule is C=C/C=C\Cc1ccc(N(C2=CCC3(C)C(=C2)C2=CC=CC=C=C2C3(C)C)c2ccc3c(c2)C(C)(C)c2cc4c(cc2-3)C(C)(C)c2cccc(-c3ccccc3)c2-4)cc1-c1ccccc1. The molecule has 0 aliphatic heterocycles. The molecule has 0 heterocycles. The van der Waals surface area contributed by atoms with Gasteiger partial charge in [-0.2, -0.15) is 0 Å². The van der Waals surface area contributed by atoms with Crippen molar-refractivity contribution in [2.45, 2.75) is 72.1 Å². The molecule has 0 aromatic heterocycles. The molecule has 0 bridgehead atoms. The second-order valence-corrected chi connectivity index (χ2v) is 20.4. The van der Waals surface area contributed by atoms with Crippen molar-refractivity contribution in [3.63, 3.8) is 0 Å². The predicted molar refractivity (Wildman–Crippen MR) is 276 cm³/mol. The number of hydrogen-bond donors (Lipinski definition) is 0. The summed E-state index contributed by atoms with van der Waals surface area (Å²) < 4.78 is 0. The van der Waals surface area contributed by atoms with Gasteiger partial charge in [0.05, 0.1) is 0 Å². The molecule has 318 valence electrons. The van der Waals surface area contributed by atoms with Gasteiger partial charge in [-0.25, -0.2) is 0 Å². The maximum atomic E-state index is 3.94. The van der Waals surface area contributed by atoms with Crippen molar-refractivity contribution < 1.29 is 0 Å². The summed E-state index contributed by atoms with van der Waals surface area (Å²) in [5.41, 5.74) is 28.0. The van der Waals surface area contributed by atoms with Gasteiger partial charge >= 0.3 is 0 Å². The van der Waals surface area contributed by atoms with Crippen LogP contribution in [0.25, 0.3) is 44.5 Å². The van der Waals surface area contributed by atoms with Crippen LogP contribution < -0.4 is 4.90 Å². The fourth-order valence-electron chi connectivity index (χ4n) is 11.9. The highest BCUT2D eigenvalue weighted by Gasteiger charge is 2.55. The highest BCUT2D eigenvalue weighted by Crippen LogP contribution is 2.65. The molecule has 1 heteroatoms. The standard InChI is InChI=1S/C64H57N/c1-9-10-14-22-44-31-32-45(37-51(44)43-25-17-12-18-26-43)65(47-35-36-64(8)59(39-47)50-27-19-13-20-29-54(50)63(64,6)7)46-33-34-49-52-40-58-53(41-57(52)62(4,5)56(49)38-46)60-48(42-23-15-11-16-24-42)28-21-30-55(60)61(58,2)3/h9-21,23-28,30-35,37-41H,1,22,36H2,2-8H3/b14-10-. The van der Waals surface area contributed by atoms with E-state index in [1.807, 2.05) is 12.2 Å². The summed E-state index contributed by atoms with van der Waals surface area (Å²) in [5.74, 6) is 0. The molecule has 0 amide bonds. The zero-order valence-electron chi connectivity index (χ0n) is 38.9. The number of allylic oxidation sites excluding steroid dienone is 11. The largest absolute Gasteiger partial charge is 0.311 e. The first-order chi connectivity index (χ1) is 31.3. The Balaban J connectivity index is 1.09. The number of fused-ring (bicyclic) bond motifs is 9. The van der Waals surface area contributed by atoms with Crippen molar-refractivity contribution in [1.82, 2.24) is 0 Å². The Morgan fingerprint density at radius 2 is 1.28 bits per heavy atom. The first-order valence-corrected chi connectivity index (χ1v) is 23.4. The summed E-state index contributed by atoms with van der Waals surface area (Å²) in [6, 6.07) is 48.2. The predicted octanol–water partition coefficient (Wildman–Crippen LogP) is 16.9. The number of benzene rings is 6. The van der Waals surface area contributed by atoms with Crippen LogP contribution in [0.15, 0.2) is 217 Å². The number of hydrogen-bond acceptors (Lipinski definition) is 1.